The molecule has 1 aromatic rings. The van der Waals surface area contributed by atoms with Crippen LogP contribution in [0.25, 0.3) is 0 Å². The Morgan fingerprint density at radius 3 is 2.14 bits per heavy atom. The first-order chi connectivity index (χ1) is 16.7. The van der Waals surface area contributed by atoms with E-state index in [0.717, 1.165) is 0 Å². The number of nitrogens with one attached hydrogen (secondary N) is 2. The van der Waals surface area contributed by atoms with Crippen molar-refractivity contribution in [3.63, 3.8) is 0 Å². The van der Waals surface area contributed by atoms with Crippen molar-refractivity contribution in [1.29, 1.82) is 0 Å². The summed E-state index contributed by atoms with van der Waals surface area (Å²) in [4.78, 5) is 33.4. The van der Waals surface area contributed by atoms with Gasteiger partial charge < -0.3 is 17.7 Å². The number of nitrogens with zero attached hydrogens (tertiary/aromatic N) is 1. The van der Waals surface area contributed by atoms with E-state index in [1.807, 2.05) is 6.92 Å². The Balaban J connectivity index is 1.91. The lowest BCUT2D eigenvalue weighted by Crippen LogP contribution is -2.73. The molecule has 3 aliphatic heterocycles. The lowest BCUT2D eigenvalue weighted by atomic mass is 9.88. The van der Waals surface area contributed by atoms with Gasteiger partial charge in [0.05, 0.1) is 12.6 Å². The highest BCUT2D eigenvalue weighted by Crippen LogP contribution is 2.53. The molecule has 36 heavy (non-hydrogen) atoms. The Hall–Kier alpha value is -1.13. The van der Waals surface area contributed by atoms with Gasteiger partial charge in [-0.15, -0.1) is 0 Å². The molecule has 3 fully saturated rings. The normalized spacial score (nSPS) is 33.7. The fourth-order valence-electron chi connectivity index (χ4n) is 6.07. The summed E-state index contributed by atoms with van der Waals surface area (Å²) in [5, 5.41) is 0. The van der Waals surface area contributed by atoms with Crippen molar-refractivity contribution in [3.8, 4) is 0 Å². The van der Waals surface area contributed by atoms with Crippen LogP contribution in [0.15, 0.2) is 15.8 Å². The third-order valence-corrected chi connectivity index (χ3v) is 18.5. The molecular weight excluding hydrogens is 498 g/mol. The van der Waals surface area contributed by atoms with E-state index in [4.69, 9.17) is 22.5 Å². The Bertz CT molecular complexity index is 1070. The number of rotatable bonds is 5. The van der Waals surface area contributed by atoms with Crippen LogP contribution in [-0.2, 0) is 22.5 Å². The molecule has 0 aromatic carbocycles. The zero-order valence-corrected chi connectivity index (χ0v) is 25.2. The topological polar surface area (TPSA) is 113 Å². The molecule has 2 N–H and O–H groups in total. The van der Waals surface area contributed by atoms with Crippen molar-refractivity contribution in [3.05, 3.63) is 32.6 Å². The predicted molar refractivity (Wildman–Crippen MR) is 140 cm³/mol. The van der Waals surface area contributed by atoms with E-state index in [0.29, 0.717) is 5.56 Å². The number of aromatic nitrogens is 2. The van der Waals surface area contributed by atoms with Gasteiger partial charge in [0.2, 0.25) is 0 Å². The Morgan fingerprint density at radius 2 is 1.58 bits per heavy atom. The average molecular weight is 542 g/mol. The number of aryl methyl sites for hydroxylation is 1. The van der Waals surface area contributed by atoms with Gasteiger partial charge in [-0.05, 0) is 36.0 Å². The summed E-state index contributed by atoms with van der Waals surface area (Å²) in [6.07, 6.45) is -0.453. The Morgan fingerprint density at radius 1 is 1.00 bits per heavy atom. The summed E-state index contributed by atoms with van der Waals surface area (Å²) in [7, 11) is -5.72. The summed E-state index contributed by atoms with van der Waals surface area (Å²) in [6, 6.07) is -0.279. The summed E-state index contributed by atoms with van der Waals surface area (Å²) in [5.74, 6) is 0. The van der Waals surface area contributed by atoms with E-state index in [9.17, 15) is 9.59 Å². The van der Waals surface area contributed by atoms with Crippen LogP contribution in [0, 0.1) is 6.92 Å². The van der Waals surface area contributed by atoms with Gasteiger partial charge in [0.25, 0.3) is 5.56 Å². The molecule has 204 valence electrons. The molecule has 3 saturated heterocycles. The van der Waals surface area contributed by atoms with Crippen molar-refractivity contribution < 1.29 is 22.5 Å². The number of hydroxylamine groups is 1. The second-order valence-electron chi connectivity index (χ2n) is 11.9. The fraction of sp³-hybridized carbons (Fsp3) is 0.833. The molecule has 0 aliphatic carbocycles. The number of H-pyrrole nitrogens is 1. The molecule has 0 radical (unpaired) electrons. The molecule has 12 heteroatoms. The van der Waals surface area contributed by atoms with Crippen LogP contribution in [0.1, 0.15) is 74.1 Å². The first kappa shape index (κ1) is 27.9. The van der Waals surface area contributed by atoms with Crippen LogP contribution in [-0.4, -0.2) is 57.1 Å². The van der Waals surface area contributed by atoms with E-state index >= 15 is 0 Å². The first-order valence-electron chi connectivity index (χ1n) is 13.1. The molecule has 0 amide bonds. The molecule has 2 bridgehead atoms. The van der Waals surface area contributed by atoms with E-state index in [1.165, 1.54) is 10.8 Å². The predicted octanol–water partition coefficient (Wildman–Crippen LogP) is 3.36. The van der Waals surface area contributed by atoms with Crippen LogP contribution < -0.4 is 16.7 Å². The smallest absolute Gasteiger partial charge is 0.335 e. The second kappa shape index (κ2) is 9.56. The van der Waals surface area contributed by atoms with E-state index in [1.54, 1.807) is 6.92 Å². The first-order valence-corrected chi connectivity index (χ1v) is 17.1. The van der Waals surface area contributed by atoms with Gasteiger partial charge in [-0.3, -0.25) is 19.2 Å². The van der Waals surface area contributed by atoms with Crippen molar-refractivity contribution in [2.75, 3.05) is 6.61 Å². The molecule has 3 aliphatic rings. The van der Waals surface area contributed by atoms with Gasteiger partial charge in [-0.25, -0.2) is 4.79 Å². The number of hydrogen-bond donors (Lipinski definition) is 2. The molecule has 3 unspecified atom stereocenters. The van der Waals surface area contributed by atoms with Gasteiger partial charge >= 0.3 is 22.8 Å². The summed E-state index contributed by atoms with van der Waals surface area (Å²) in [6.45, 7) is 21.3. The monoisotopic (exact) mass is 541 g/mol. The highest BCUT2D eigenvalue weighted by atomic mass is 28.5. The Labute approximate surface area is 215 Å². The van der Waals surface area contributed by atoms with Crippen LogP contribution in [0.2, 0.25) is 22.2 Å². The SMILES string of the molecule is Cc1cn([C@@H]2O[C@]34CO[Si](C(C)C)(C(C)C)O[Si](C(C)C)(C(C)C)OC3C2ONC4C)c(=O)[nH]c1=O. The van der Waals surface area contributed by atoms with Gasteiger partial charge in [-0.2, -0.15) is 5.48 Å². The van der Waals surface area contributed by atoms with Crippen molar-refractivity contribution in [2.45, 2.75) is 121 Å². The summed E-state index contributed by atoms with van der Waals surface area (Å²) in [5.41, 5.74) is 2.31. The molecule has 5 atom stereocenters. The third kappa shape index (κ3) is 4.04. The molecular formula is C24H43N3O7Si2. The van der Waals surface area contributed by atoms with Crippen molar-refractivity contribution >= 4 is 17.1 Å². The van der Waals surface area contributed by atoms with Gasteiger partial charge in [0.15, 0.2) is 12.3 Å². The fourth-order valence-corrected chi connectivity index (χ4v) is 17.3. The van der Waals surface area contributed by atoms with Gasteiger partial charge in [0, 0.05) is 11.8 Å². The number of aromatic amines is 1. The van der Waals surface area contributed by atoms with E-state index in [2.05, 4.69) is 65.9 Å². The molecule has 4 rings (SSSR count). The van der Waals surface area contributed by atoms with Crippen LogP contribution in [0.5, 0.6) is 0 Å². The molecule has 4 heterocycles. The molecule has 0 spiro atoms. The second-order valence-corrected chi connectivity index (χ2v) is 20.7. The maximum atomic E-state index is 12.9. The summed E-state index contributed by atoms with van der Waals surface area (Å²) < 4.78 is 29.7. The minimum absolute atomic E-state index is 0.140. The van der Waals surface area contributed by atoms with E-state index < -0.39 is 52.4 Å². The highest BCUT2D eigenvalue weighted by Gasteiger charge is 2.69. The molecule has 1 aromatic heterocycles. The standard InChI is InChI=1S/C24H43N3O7Si2/c1-13(2)35(14(3)4)30-12-24-18(10)26-32-19(20(24)33-36(34-35,15(5)6)16(7)8)22(31-24)27-11-17(9)21(28)25-23(27)29/h11,13-16,18-20,22,26H,12H2,1-10H3,(H,25,28,29)/t18?,19?,20?,22-,24+/m1/s1. The lowest BCUT2D eigenvalue weighted by molar-refractivity contribution is -0.188. The molecule has 0 saturated carbocycles. The zero-order valence-electron chi connectivity index (χ0n) is 23.2. The zero-order chi connectivity index (χ0) is 26.8. The third-order valence-electron chi connectivity index (χ3n) is 8.31. The maximum absolute atomic E-state index is 12.9. The van der Waals surface area contributed by atoms with Crippen molar-refractivity contribution in [1.82, 2.24) is 15.0 Å². The minimum Gasteiger partial charge on any atom is -0.414 e. The van der Waals surface area contributed by atoms with Crippen LogP contribution in [0.4, 0.5) is 0 Å². The highest BCUT2D eigenvalue weighted by molar-refractivity contribution is 6.84. The maximum Gasteiger partial charge on any atom is 0.335 e. The average Bonchev–Trinajstić information content (AvgIpc) is 2.98. The minimum atomic E-state index is -2.93. The van der Waals surface area contributed by atoms with Crippen LogP contribution in [0.3, 0.4) is 0 Å². The Kier molecular flexibility index (Phi) is 7.41. The number of ether oxygens (including phenoxy) is 1. The quantitative estimate of drug-likeness (QED) is 0.546. The van der Waals surface area contributed by atoms with Crippen LogP contribution >= 0.6 is 0 Å². The molecule has 10 nitrogen and oxygen atoms in total. The van der Waals surface area contributed by atoms with Gasteiger partial charge in [0.1, 0.15) is 11.7 Å². The lowest BCUT2D eigenvalue weighted by Gasteiger charge is -2.55. The largest absolute Gasteiger partial charge is 0.414 e. The van der Waals surface area contributed by atoms with Gasteiger partial charge in [-0.1, -0.05) is 55.4 Å². The van der Waals surface area contributed by atoms with Crippen molar-refractivity contribution in [2.24, 2.45) is 0 Å². The summed E-state index contributed by atoms with van der Waals surface area (Å²) >= 11 is 0. The number of hydrogen-bond acceptors (Lipinski definition) is 8. The van der Waals surface area contributed by atoms with E-state index in [-0.39, 0.29) is 34.8 Å².